The zero-order valence-corrected chi connectivity index (χ0v) is 14.0. The Labute approximate surface area is 134 Å². The lowest BCUT2D eigenvalue weighted by Crippen LogP contribution is -2.39. The second-order valence-corrected chi connectivity index (χ2v) is 7.54. The molecule has 1 aliphatic rings. The summed E-state index contributed by atoms with van der Waals surface area (Å²) in [5.41, 5.74) is 1.21. The van der Waals surface area contributed by atoms with Gasteiger partial charge in [0.05, 0.1) is 12.8 Å². The van der Waals surface area contributed by atoms with E-state index in [4.69, 9.17) is 4.74 Å². The fraction of sp³-hybridized carbons (Fsp3) is 0.333. The number of aromatic nitrogens is 1. The molecule has 21 heavy (non-hydrogen) atoms. The van der Waals surface area contributed by atoms with Crippen LogP contribution in [0.4, 0.5) is 4.39 Å². The molecule has 2 aromatic rings. The Hall–Kier alpha value is -1.27. The molecule has 6 heteroatoms. The Balaban J connectivity index is 2.14. The number of nitrogens with zero attached hydrogens (tertiary/aromatic N) is 1. The van der Waals surface area contributed by atoms with Gasteiger partial charge in [-0.2, -0.15) is 0 Å². The highest BCUT2D eigenvalue weighted by Crippen LogP contribution is 2.45. The van der Waals surface area contributed by atoms with Crippen LogP contribution in [0.2, 0.25) is 0 Å². The average Bonchev–Trinajstić information content (AvgIpc) is 2.95. The minimum absolute atomic E-state index is 0.305. The largest absolute Gasteiger partial charge is 0.468 e. The molecule has 0 fully saturated rings. The SMILES string of the molecule is COC(=O)C1(c2cccc(F)c2C)Cc2nc(Br)sc2C1. The normalized spacial score (nSPS) is 20.4. The highest BCUT2D eigenvalue weighted by molar-refractivity contribution is 9.11. The van der Waals surface area contributed by atoms with Crippen molar-refractivity contribution in [1.29, 1.82) is 0 Å². The molecule has 1 atom stereocenters. The Kier molecular flexibility index (Phi) is 3.61. The van der Waals surface area contributed by atoms with Crippen molar-refractivity contribution < 1.29 is 13.9 Å². The van der Waals surface area contributed by atoms with Crippen LogP contribution < -0.4 is 0 Å². The summed E-state index contributed by atoms with van der Waals surface area (Å²) in [5.74, 6) is -0.641. The quantitative estimate of drug-likeness (QED) is 0.759. The van der Waals surface area contributed by atoms with E-state index < -0.39 is 5.41 Å². The van der Waals surface area contributed by atoms with E-state index in [1.807, 2.05) is 0 Å². The van der Waals surface area contributed by atoms with Crippen LogP contribution in [0.15, 0.2) is 22.1 Å². The molecule has 0 N–H and O–H groups in total. The molecule has 1 heterocycles. The maximum atomic E-state index is 13.9. The monoisotopic (exact) mass is 369 g/mol. The molecule has 0 aliphatic heterocycles. The van der Waals surface area contributed by atoms with Gasteiger partial charge in [-0.05, 0) is 40.0 Å². The van der Waals surface area contributed by atoms with Crippen LogP contribution in [-0.4, -0.2) is 18.1 Å². The van der Waals surface area contributed by atoms with Gasteiger partial charge in [-0.1, -0.05) is 12.1 Å². The van der Waals surface area contributed by atoms with Crippen molar-refractivity contribution in [3.05, 3.63) is 49.6 Å². The third-order valence-corrected chi connectivity index (χ3v) is 5.59. The lowest BCUT2D eigenvalue weighted by atomic mass is 9.76. The van der Waals surface area contributed by atoms with E-state index in [1.54, 1.807) is 19.1 Å². The summed E-state index contributed by atoms with van der Waals surface area (Å²) < 4.78 is 19.7. The predicted octanol–water partition coefficient (Wildman–Crippen LogP) is 3.56. The number of esters is 1. The third kappa shape index (κ3) is 2.21. The van der Waals surface area contributed by atoms with Crippen molar-refractivity contribution in [1.82, 2.24) is 4.98 Å². The first-order chi connectivity index (χ1) is 9.98. The second-order valence-electron chi connectivity index (χ2n) is 5.18. The zero-order valence-electron chi connectivity index (χ0n) is 11.6. The minimum atomic E-state index is -0.865. The first-order valence-corrected chi connectivity index (χ1v) is 8.07. The van der Waals surface area contributed by atoms with E-state index in [0.717, 1.165) is 14.5 Å². The van der Waals surface area contributed by atoms with E-state index in [-0.39, 0.29) is 11.8 Å². The standard InChI is InChI=1S/C15H13BrFNO2S/c1-8-9(4-3-5-10(8)17)15(13(19)20-2)6-11-12(7-15)21-14(16)18-11/h3-5H,6-7H2,1-2H3. The van der Waals surface area contributed by atoms with Gasteiger partial charge in [0, 0.05) is 17.7 Å². The molecule has 0 spiro atoms. The van der Waals surface area contributed by atoms with Crippen LogP contribution in [0.3, 0.4) is 0 Å². The number of ether oxygens (including phenoxy) is 1. The highest BCUT2D eigenvalue weighted by Gasteiger charge is 2.49. The van der Waals surface area contributed by atoms with Gasteiger partial charge in [-0.25, -0.2) is 9.37 Å². The minimum Gasteiger partial charge on any atom is -0.468 e. The van der Waals surface area contributed by atoms with Crippen LogP contribution >= 0.6 is 27.3 Å². The predicted molar refractivity (Wildman–Crippen MR) is 82.1 cm³/mol. The number of rotatable bonds is 2. The average molecular weight is 370 g/mol. The summed E-state index contributed by atoms with van der Waals surface area (Å²) in [6.45, 7) is 1.70. The Morgan fingerprint density at radius 1 is 1.48 bits per heavy atom. The summed E-state index contributed by atoms with van der Waals surface area (Å²) in [7, 11) is 1.37. The van der Waals surface area contributed by atoms with Gasteiger partial charge in [-0.15, -0.1) is 11.3 Å². The molecule has 1 aromatic heterocycles. The molecule has 3 rings (SSSR count). The molecule has 1 aliphatic carbocycles. The van der Waals surface area contributed by atoms with E-state index in [1.165, 1.54) is 24.5 Å². The number of methoxy groups -OCH3 is 1. The molecule has 3 nitrogen and oxygen atoms in total. The number of halogens is 2. The van der Waals surface area contributed by atoms with Gasteiger partial charge in [0.15, 0.2) is 3.92 Å². The van der Waals surface area contributed by atoms with Crippen molar-refractivity contribution in [3.8, 4) is 0 Å². The summed E-state index contributed by atoms with van der Waals surface area (Å²) in [4.78, 5) is 17.9. The van der Waals surface area contributed by atoms with Gasteiger partial charge in [0.1, 0.15) is 11.2 Å². The Morgan fingerprint density at radius 2 is 2.24 bits per heavy atom. The summed E-state index contributed by atoms with van der Waals surface area (Å²) in [6.07, 6.45) is 0.948. The van der Waals surface area contributed by atoms with Crippen molar-refractivity contribution >= 4 is 33.2 Å². The summed E-state index contributed by atoms with van der Waals surface area (Å²) in [5, 5.41) is 0. The number of hydrogen-bond donors (Lipinski definition) is 0. The molecule has 110 valence electrons. The van der Waals surface area contributed by atoms with E-state index >= 15 is 0 Å². The molecule has 1 unspecified atom stereocenters. The van der Waals surface area contributed by atoms with Crippen LogP contribution in [0.25, 0.3) is 0 Å². The maximum absolute atomic E-state index is 13.9. The first kappa shape index (κ1) is 14.7. The van der Waals surface area contributed by atoms with Crippen molar-refractivity contribution in [2.24, 2.45) is 0 Å². The topological polar surface area (TPSA) is 39.2 Å². The summed E-state index contributed by atoms with van der Waals surface area (Å²) >= 11 is 4.88. The Bertz CT molecular complexity index is 705. The second kappa shape index (κ2) is 5.18. The Morgan fingerprint density at radius 3 is 2.90 bits per heavy atom. The fourth-order valence-electron chi connectivity index (χ4n) is 3.02. The zero-order chi connectivity index (χ0) is 15.2. The molecular weight excluding hydrogens is 357 g/mol. The number of hydrogen-bond acceptors (Lipinski definition) is 4. The summed E-state index contributed by atoms with van der Waals surface area (Å²) in [6, 6.07) is 4.85. The molecule has 0 amide bonds. The van der Waals surface area contributed by atoms with Crippen LogP contribution in [0.5, 0.6) is 0 Å². The van der Waals surface area contributed by atoms with Gasteiger partial charge < -0.3 is 4.74 Å². The van der Waals surface area contributed by atoms with Crippen LogP contribution in [0, 0.1) is 12.7 Å². The van der Waals surface area contributed by atoms with Gasteiger partial charge in [0.25, 0.3) is 0 Å². The van der Waals surface area contributed by atoms with Gasteiger partial charge in [-0.3, -0.25) is 4.79 Å². The number of carbonyl (C=O) groups excluding carboxylic acids is 1. The third-order valence-electron chi connectivity index (χ3n) is 4.04. The first-order valence-electron chi connectivity index (χ1n) is 6.46. The van der Waals surface area contributed by atoms with Crippen LogP contribution in [0.1, 0.15) is 21.7 Å². The lowest BCUT2D eigenvalue weighted by Gasteiger charge is -2.28. The molecular formula is C15H13BrFNO2S. The van der Waals surface area contributed by atoms with Crippen molar-refractivity contribution in [3.63, 3.8) is 0 Å². The fourth-order valence-corrected chi connectivity index (χ4v) is 4.73. The molecule has 0 bridgehead atoms. The lowest BCUT2D eigenvalue weighted by molar-refractivity contribution is -0.147. The van der Waals surface area contributed by atoms with E-state index in [2.05, 4.69) is 20.9 Å². The number of fused-ring (bicyclic) bond motifs is 1. The number of thiazole rings is 1. The smallest absolute Gasteiger partial charge is 0.317 e. The molecule has 0 saturated heterocycles. The maximum Gasteiger partial charge on any atom is 0.317 e. The number of benzene rings is 1. The van der Waals surface area contributed by atoms with E-state index in [9.17, 15) is 9.18 Å². The number of carbonyl (C=O) groups is 1. The molecule has 0 radical (unpaired) electrons. The van der Waals surface area contributed by atoms with Crippen molar-refractivity contribution in [2.45, 2.75) is 25.2 Å². The van der Waals surface area contributed by atoms with Crippen LogP contribution in [-0.2, 0) is 27.8 Å². The molecule has 0 saturated carbocycles. The molecule has 1 aromatic carbocycles. The van der Waals surface area contributed by atoms with E-state index in [0.29, 0.717) is 24.0 Å². The highest BCUT2D eigenvalue weighted by atomic mass is 79.9. The van der Waals surface area contributed by atoms with Crippen molar-refractivity contribution in [2.75, 3.05) is 7.11 Å². The van der Waals surface area contributed by atoms with Gasteiger partial charge >= 0.3 is 5.97 Å². The van der Waals surface area contributed by atoms with Gasteiger partial charge in [0.2, 0.25) is 0 Å².